The molecule has 2 N–H and O–H groups in total. The Morgan fingerprint density at radius 1 is 1.04 bits per heavy atom. The molecule has 1 fully saturated rings. The molecule has 2 aromatic rings. The molecule has 0 unspecified atom stereocenters. The Bertz CT molecular complexity index is 733. The zero-order chi connectivity index (χ0) is 18.2. The van der Waals surface area contributed by atoms with E-state index in [-0.39, 0.29) is 29.4 Å². The topological polar surface area (TPSA) is 45.7 Å². The van der Waals surface area contributed by atoms with Crippen molar-refractivity contribution in [2.45, 2.75) is 24.8 Å². The molecule has 1 saturated heterocycles. The highest BCUT2D eigenvalue weighted by Crippen LogP contribution is 2.38. The van der Waals surface area contributed by atoms with Crippen molar-refractivity contribution < 1.29 is 4.74 Å². The first-order chi connectivity index (χ1) is 12.7. The van der Waals surface area contributed by atoms with Crippen molar-refractivity contribution in [3.05, 3.63) is 70.7 Å². The van der Waals surface area contributed by atoms with Crippen LogP contribution in [0.3, 0.4) is 0 Å². The third kappa shape index (κ3) is 5.83. The average Bonchev–Trinajstić information content (AvgIpc) is 2.70. The molecule has 0 spiro atoms. The van der Waals surface area contributed by atoms with Gasteiger partial charge in [-0.3, -0.25) is 4.99 Å². The SMILES string of the molecule is CN=C(NCc1ccccc1)NCC1(c2ccccc2Cl)CCOCC1.I. The maximum absolute atomic E-state index is 6.52. The second-order valence-corrected chi connectivity index (χ2v) is 7.04. The Balaban J connectivity index is 0.00000261. The summed E-state index contributed by atoms with van der Waals surface area (Å²) in [6.07, 6.45) is 1.89. The monoisotopic (exact) mass is 499 g/mol. The lowest BCUT2D eigenvalue weighted by Crippen LogP contribution is -2.48. The van der Waals surface area contributed by atoms with E-state index in [0.29, 0.717) is 0 Å². The first kappa shape index (κ1) is 22.0. The molecule has 6 heteroatoms. The third-order valence-corrected chi connectivity index (χ3v) is 5.35. The van der Waals surface area contributed by atoms with Crippen LogP contribution in [-0.2, 0) is 16.7 Å². The van der Waals surface area contributed by atoms with Crippen LogP contribution in [0.25, 0.3) is 0 Å². The van der Waals surface area contributed by atoms with Gasteiger partial charge in [-0.15, -0.1) is 24.0 Å². The van der Waals surface area contributed by atoms with Gasteiger partial charge in [-0.25, -0.2) is 0 Å². The van der Waals surface area contributed by atoms with Crippen LogP contribution in [0.15, 0.2) is 59.6 Å². The molecule has 0 radical (unpaired) electrons. The highest BCUT2D eigenvalue weighted by Gasteiger charge is 2.36. The third-order valence-electron chi connectivity index (χ3n) is 5.02. The first-order valence-electron chi connectivity index (χ1n) is 9.05. The molecule has 1 aliphatic rings. The van der Waals surface area contributed by atoms with Gasteiger partial charge in [0.05, 0.1) is 0 Å². The lowest BCUT2D eigenvalue weighted by Gasteiger charge is -2.38. The smallest absolute Gasteiger partial charge is 0.191 e. The summed E-state index contributed by atoms with van der Waals surface area (Å²) in [5, 5.41) is 7.71. The van der Waals surface area contributed by atoms with Gasteiger partial charge in [0.2, 0.25) is 0 Å². The van der Waals surface area contributed by atoms with Crippen molar-refractivity contribution in [3.8, 4) is 0 Å². The van der Waals surface area contributed by atoms with Crippen molar-refractivity contribution in [1.29, 1.82) is 0 Å². The summed E-state index contributed by atoms with van der Waals surface area (Å²) in [6, 6.07) is 18.5. The summed E-state index contributed by atoms with van der Waals surface area (Å²) in [5.74, 6) is 0.798. The second-order valence-electron chi connectivity index (χ2n) is 6.64. The van der Waals surface area contributed by atoms with Crippen LogP contribution in [0.1, 0.15) is 24.0 Å². The number of aliphatic imine (C=N–C) groups is 1. The van der Waals surface area contributed by atoms with Gasteiger partial charge in [-0.2, -0.15) is 0 Å². The number of guanidine groups is 1. The minimum Gasteiger partial charge on any atom is -0.381 e. The molecule has 1 heterocycles. The van der Waals surface area contributed by atoms with Crippen LogP contribution >= 0.6 is 35.6 Å². The van der Waals surface area contributed by atoms with Crippen LogP contribution in [0.2, 0.25) is 5.02 Å². The molecule has 0 aliphatic carbocycles. The number of hydrogen-bond donors (Lipinski definition) is 2. The Hall–Kier alpha value is -1.31. The van der Waals surface area contributed by atoms with E-state index in [0.717, 1.165) is 50.1 Å². The number of benzene rings is 2. The van der Waals surface area contributed by atoms with Crippen molar-refractivity contribution in [3.63, 3.8) is 0 Å². The minimum absolute atomic E-state index is 0. The van der Waals surface area contributed by atoms with E-state index in [1.807, 2.05) is 30.3 Å². The fourth-order valence-electron chi connectivity index (χ4n) is 3.45. The largest absolute Gasteiger partial charge is 0.381 e. The maximum Gasteiger partial charge on any atom is 0.191 e. The van der Waals surface area contributed by atoms with Crippen molar-refractivity contribution >= 4 is 41.5 Å². The highest BCUT2D eigenvalue weighted by atomic mass is 127. The van der Waals surface area contributed by atoms with E-state index < -0.39 is 0 Å². The van der Waals surface area contributed by atoms with E-state index >= 15 is 0 Å². The van der Waals surface area contributed by atoms with Gasteiger partial charge in [-0.1, -0.05) is 60.1 Å². The summed E-state index contributed by atoms with van der Waals surface area (Å²) in [5.41, 5.74) is 2.37. The summed E-state index contributed by atoms with van der Waals surface area (Å²) < 4.78 is 5.61. The van der Waals surface area contributed by atoms with E-state index in [4.69, 9.17) is 16.3 Å². The number of ether oxygens (including phenoxy) is 1. The van der Waals surface area contributed by atoms with Gasteiger partial charge in [-0.05, 0) is 30.0 Å². The second kappa shape index (κ2) is 10.9. The van der Waals surface area contributed by atoms with Crippen LogP contribution < -0.4 is 10.6 Å². The quantitative estimate of drug-likeness (QED) is 0.365. The van der Waals surface area contributed by atoms with Crippen LogP contribution in [0.5, 0.6) is 0 Å². The summed E-state index contributed by atoms with van der Waals surface area (Å²) in [4.78, 5) is 4.36. The molecule has 0 atom stereocenters. The van der Waals surface area contributed by atoms with Gasteiger partial charge in [0.15, 0.2) is 5.96 Å². The van der Waals surface area contributed by atoms with E-state index in [1.54, 1.807) is 7.05 Å². The van der Waals surface area contributed by atoms with Crippen LogP contribution in [-0.4, -0.2) is 32.8 Å². The highest BCUT2D eigenvalue weighted by molar-refractivity contribution is 14.0. The van der Waals surface area contributed by atoms with Crippen molar-refractivity contribution in [1.82, 2.24) is 10.6 Å². The van der Waals surface area contributed by atoms with E-state index in [9.17, 15) is 0 Å². The predicted molar refractivity (Wildman–Crippen MR) is 123 cm³/mol. The molecule has 146 valence electrons. The Morgan fingerprint density at radius 2 is 1.70 bits per heavy atom. The number of nitrogens with zero attached hydrogens (tertiary/aromatic N) is 1. The van der Waals surface area contributed by atoms with Gasteiger partial charge < -0.3 is 15.4 Å². The molecule has 2 aromatic carbocycles. The first-order valence-corrected chi connectivity index (χ1v) is 9.42. The molecule has 0 amide bonds. The standard InChI is InChI=1S/C21H26ClN3O.HI/c1-23-20(24-15-17-7-3-2-4-8-17)25-16-21(11-13-26-14-12-21)18-9-5-6-10-19(18)22;/h2-10H,11-16H2,1H3,(H2,23,24,25);1H. The Kier molecular flexibility index (Phi) is 8.86. The minimum atomic E-state index is -0.0407. The average molecular weight is 500 g/mol. The van der Waals surface area contributed by atoms with Crippen molar-refractivity contribution in [2.24, 2.45) is 4.99 Å². The summed E-state index contributed by atoms with van der Waals surface area (Å²) in [7, 11) is 1.80. The molecule has 0 aromatic heterocycles. The fourth-order valence-corrected chi connectivity index (χ4v) is 3.79. The van der Waals surface area contributed by atoms with E-state index in [2.05, 4.69) is 39.9 Å². The van der Waals surface area contributed by atoms with Crippen LogP contribution in [0.4, 0.5) is 0 Å². The molecular formula is C21H27ClIN3O. The molecule has 0 bridgehead atoms. The molecule has 0 saturated carbocycles. The van der Waals surface area contributed by atoms with Gasteiger partial charge >= 0.3 is 0 Å². The number of rotatable bonds is 5. The summed E-state index contributed by atoms with van der Waals surface area (Å²) >= 11 is 6.52. The van der Waals surface area contributed by atoms with Crippen LogP contribution in [0, 0.1) is 0 Å². The maximum atomic E-state index is 6.52. The predicted octanol–water partition coefficient (Wildman–Crippen LogP) is 4.37. The molecule has 3 rings (SSSR count). The number of halogens is 2. The van der Waals surface area contributed by atoms with Gasteiger partial charge in [0.25, 0.3) is 0 Å². The Labute approximate surface area is 183 Å². The molecule has 1 aliphatic heterocycles. The summed E-state index contributed by atoms with van der Waals surface area (Å²) in [6.45, 7) is 3.02. The zero-order valence-electron chi connectivity index (χ0n) is 15.6. The van der Waals surface area contributed by atoms with E-state index in [1.165, 1.54) is 11.1 Å². The normalized spacial score (nSPS) is 16.3. The lowest BCUT2D eigenvalue weighted by molar-refractivity contribution is 0.0514. The fraction of sp³-hybridized carbons (Fsp3) is 0.381. The molecular weight excluding hydrogens is 473 g/mol. The molecule has 27 heavy (non-hydrogen) atoms. The number of hydrogen-bond acceptors (Lipinski definition) is 2. The van der Waals surface area contributed by atoms with Gasteiger partial charge in [0.1, 0.15) is 0 Å². The van der Waals surface area contributed by atoms with Crippen molar-refractivity contribution in [2.75, 3.05) is 26.8 Å². The Morgan fingerprint density at radius 3 is 2.37 bits per heavy atom. The molecule has 4 nitrogen and oxygen atoms in total. The zero-order valence-corrected chi connectivity index (χ0v) is 18.7. The lowest BCUT2D eigenvalue weighted by atomic mass is 9.74. The number of nitrogens with one attached hydrogen (secondary N) is 2. The van der Waals surface area contributed by atoms with Gasteiger partial charge in [0, 0.05) is 43.8 Å².